The third kappa shape index (κ3) is 4.64. The van der Waals surface area contributed by atoms with Crippen LogP contribution >= 0.6 is 0 Å². The molecule has 6 heteroatoms. The molecule has 0 amide bonds. The highest BCUT2D eigenvalue weighted by molar-refractivity contribution is 6.06. The zero-order chi connectivity index (χ0) is 17.5. The largest absolute Gasteiger partial charge is 0.494 e. The summed E-state index contributed by atoms with van der Waals surface area (Å²) in [4.78, 5) is 23.0. The molecule has 130 valence electrons. The minimum absolute atomic E-state index is 0.0692. The molecule has 0 N–H and O–H groups in total. The van der Waals surface area contributed by atoms with E-state index in [1.54, 1.807) is 42.7 Å². The van der Waals surface area contributed by atoms with Crippen molar-refractivity contribution in [2.24, 2.45) is 0 Å². The van der Waals surface area contributed by atoms with Crippen LogP contribution in [0.4, 0.5) is 5.95 Å². The van der Waals surface area contributed by atoms with Gasteiger partial charge in [0.25, 0.3) is 0 Å². The van der Waals surface area contributed by atoms with Crippen LogP contribution in [0.25, 0.3) is 6.08 Å². The van der Waals surface area contributed by atoms with Gasteiger partial charge in [-0.15, -0.1) is 0 Å². The molecular formula is C19H21N3O3. The van der Waals surface area contributed by atoms with E-state index in [9.17, 15) is 4.79 Å². The molecule has 0 saturated carbocycles. The van der Waals surface area contributed by atoms with Crippen molar-refractivity contribution in [3.8, 4) is 5.75 Å². The lowest BCUT2D eigenvalue weighted by atomic mass is 10.1. The van der Waals surface area contributed by atoms with Crippen LogP contribution in [0.15, 0.2) is 42.7 Å². The Morgan fingerprint density at radius 3 is 2.52 bits per heavy atom. The van der Waals surface area contributed by atoms with Gasteiger partial charge in [-0.3, -0.25) is 4.79 Å². The third-order valence-corrected chi connectivity index (χ3v) is 3.83. The summed E-state index contributed by atoms with van der Waals surface area (Å²) in [5.41, 5.74) is 1.40. The Balaban J connectivity index is 1.61. The number of nitrogens with zero attached hydrogens (tertiary/aromatic N) is 3. The zero-order valence-electron chi connectivity index (χ0n) is 14.2. The summed E-state index contributed by atoms with van der Waals surface area (Å²) in [6.45, 7) is 5.52. The van der Waals surface area contributed by atoms with Crippen LogP contribution in [0.2, 0.25) is 0 Å². The molecular weight excluding hydrogens is 318 g/mol. The van der Waals surface area contributed by atoms with Crippen LogP contribution in [-0.4, -0.2) is 48.7 Å². The van der Waals surface area contributed by atoms with Crippen LogP contribution < -0.4 is 9.64 Å². The first-order valence-corrected chi connectivity index (χ1v) is 8.36. The minimum Gasteiger partial charge on any atom is -0.494 e. The molecule has 0 bridgehead atoms. The van der Waals surface area contributed by atoms with E-state index in [2.05, 4.69) is 14.9 Å². The fraction of sp³-hybridized carbons (Fsp3) is 0.316. The van der Waals surface area contributed by atoms with Gasteiger partial charge < -0.3 is 14.4 Å². The molecule has 25 heavy (non-hydrogen) atoms. The molecule has 1 aliphatic rings. The molecule has 0 aliphatic carbocycles. The maximum absolute atomic E-state index is 12.2. The summed E-state index contributed by atoms with van der Waals surface area (Å²) in [5, 5.41) is 0. The lowest BCUT2D eigenvalue weighted by molar-refractivity contribution is 0.104. The topological polar surface area (TPSA) is 64.5 Å². The molecule has 0 atom stereocenters. The fourth-order valence-corrected chi connectivity index (χ4v) is 2.49. The lowest BCUT2D eigenvalue weighted by Crippen LogP contribution is -2.37. The minimum atomic E-state index is -0.0692. The molecule has 1 aliphatic heterocycles. The average molecular weight is 339 g/mol. The Morgan fingerprint density at radius 1 is 1.20 bits per heavy atom. The van der Waals surface area contributed by atoms with E-state index in [1.165, 1.54) is 6.08 Å². The molecule has 2 aromatic rings. The summed E-state index contributed by atoms with van der Waals surface area (Å²) in [7, 11) is 0. The average Bonchev–Trinajstić information content (AvgIpc) is 2.68. The van der Waals surface area contributed by atoms with E-state index in [0.717, 1.165) is 24.4 Å². The molecule has 0 spiro atoms. The molecule has 1 fully saturated rings. The maximum Gasteiger partial charge on any atom is 0.225 e. The number of ether oxygens (including phenoxy) is 2. The predicted octanol–water partition coefficient (Wildman–Crippen LogP) is 2.61. The first-order valence-electron chi connectivity index (χ1n) is 8.36. The van der Waals surface area contributed by atoms with Crippen LogP contribution in [0.5, 0.6) is 5.75 Å². The second-order valence-corrected chi connectivity index (χ2v) is 5.57. The molecule has 0 radical (unpaired) electrons. The fourth-order valence-electron chi connectivity index (χ4n) is 2.49. The van der Waals surface area contributed by atoms with Crippen LogP contribution in [0, 0.1) is 0 Å². The highest BCUT2D eigenvalue weighted by Gasteiger charge is 2.13. The maximum atomic E-state index is 12.2. The standard InChI is InChI=1S/C19H21N3O3/c1-2-25-17-6-4-16(5-7-17)18(23)8-3-15-13-20-19(21-14-15)22-9-11-24-12-10-22/h3-8,13-14H,2,9-12H2,1H3/b8-3-. The third-order valence-electron chi connectivity index (χ3n) is 3.83. The van der Waals surface area contributed by atoms with E-state index >= 15 is 0 Å². The van der Waals surface area contributed by atoms with Gasteiger partial charge in [-0.1, -0.05) is 0 Å². The van der Waals surface area contributed by atoms with Gasteiger partial charge in [0.2, 0.25) is 5.95 Å². The van der Waals surface area contributed by atoms with Crippen LogP contribution in [0.3, 0.4) is 0 Å². The van der Waals surface area contributed by atoms with Gasteiger partial charge in [0, 0.05) is 36.6 Å². The van der Waals surface area contributed by atoms with Crippen molar-refractivity contribution in [3.05, 3.63) is 53.9 Å². The molecule has 1 aromatic heterocycles. The number of morpholine rings is 1. The lowest BCUT2D eigenvalue weighted by Gasteiger charge is -2.26. The monoisotopic (exact) mass is 339 g/mol. The van der Waals surface area contributed by atoms with Gasteiger partial charge in [-0.2, -0.15) is 0 Å². The Hall–Kier alpha value is -2.73. The second kappa shape index (κ2) is 8.39. The van der Waals surface area contributed by atoms with Crippen molar-refractivity contribution in [1.29, 1.82) is 0 Å². The van der Waals surface area contributed by atoms with E-state index in [0.29, 0.717) is 31.3 Å². The Kier molecular flexibility index (Phi) is 5.74. The number of ketones is 1. The number of aromatic nitrogens is 2. The van der Waals surface area contributed by atoms with Crippen molar-refractivity contribution in [1.82, 2.24) is 9.97 Å². The van der Waals surface area contributed by atoms with E-state index in [-0.39, 0.29) is 5.78 Å². The van der Waals surface area contributed by atoms with Gasteiger partial charge in [0.15, 0.2) is 5.78 Å². The predicted molar refractivity (Wildman–Crippen MR) is 96.0 cm³/mol. The summed E-state index contributed by atoms with van der Waals surface area (Å²) in [6.07, 6.45) is 6.70. The van der Waals surface area contributed by atoms with Gasteiger partial charge in [0.05, 0.1) is 19.8 Å². The molecule has 6 nitrogen and oxygen atoms in total. The number of benzene rings is 1. The number of carbonyl (C=O) groups excluding carboxylic acids is 1. The van der Waals surface area contributed by atoms with Crippen molar-refractivity contribution in [2.45, 2.75) is 6.92 Å². The van der Waals surface area contributed by atoms with Crippen molar-refractivity contribution >= 4 is 17.8 Å². The van der Waals surface area contributed by atoms with Crippen LogP contribution in [-0.2, 0) is 4.74 Å². The van der Waals surface area contributed by atoms with Gasteiger partial charge in [0.1, 0.15) is 5.75 Å². The zero-order valence-corrected chi connectivity index (χ0v) is 14.2. The van der Waals surface area contributed by atoms with E-state index < -0.39 is 0 Å². The summed E-state index contributed by atoms with van der Waals surface area (Å²) >= 11 is 0. The SMILES string of the molecule is CCOc1ccc(C(=O)/C=C\c2cnc(N3CCOCC3)nc2)cc1. The molecule has 3 rings (SSSR count). The van der Waals surface area contributed by atoms with Crippen molar-refractivity contribution in [3.63, 3.8) is 0 Å². The number of rotatable bonds is 6. The van der Waals surface area contributed by atoms with E-state index in [4.69, 9.17) is 9.47 Å². The van der Waals surface area contributed by atoms with Crippen LogP contribution in [0.1, 0.15) is 22.8 Å². The smallest absolute Gasteiger partial charge is 0.225 e. The molecule has 2 heterocycles. The highest BCUT2D eigenvalue weighted by atomic mass is 16.5. The first-order chi connectivity index (χ1) is 12.3. The van der Waals surface area contributed by atoms with Crippen molar-refractivity contribution < 1.29 is 14.3 Å². The molecule has 1 saturated heterocycles. The Morgan fingerprint density at radius 2 is 1.88 bits per heavy atom. The summed E-state index contributed by atoms with van der Waals surface area (Å²) < 4.78 is 10.7. The van der Waals surface area contributed by atoms with E-state index in [1.807, 2.05) is 6.92 Å². The number of carbonyl (C=O) groups is 1. The first kappa shape index (κ1) is 17.1. The van der Waals surface area contributed by atoms with Gasteiger partial charge >= 0.3 is 0 Å². The highest BCUT2D eigenvalue weighted by Crippen LogP contribution is 2.14. The number of hydrogen-bond donors (Lipinski definition) is 0. The second-order valence-electron chi connectivity index (χ2n) is 5.57. The van der Waals surface area contributed by atoms with Gasteiger partial charge in [-0.05, 0) is 43.3 Å². The Labute approximate surface area is 147 Å². The summed E-state index contributed by atoms with van der Waals surface area (Å²) in [6, 6.07) is 7.11. The molecule has 1 aromatic carbocycles. The Bertz CT molecular complexity index is 721. The van der Waals surface area contributed by atoms with Gasteiger partial charge in [-0.25, -0.2) is 9.97 Å². The number of allylic oxidation sites excluding steroid dienone is 1. The normalized spacial score (nSPS) is 14.7. The number of anilines is 1. The molecule has 0 unspecified atom stereocenters. The number of hydrogen-bond acceptors (Lipinski definition) is 6. The summed E-state index contributed by atoms with van der Waals surface area (Å²) in [5.74, 6) is 1.38. The quantitative estimate of drug-likeness (QED) is 0.595. The van der Waals surface area contributed by atoms with Crippen molar-refractivity contribution in [2.75, 3.05) is 37.8 Å².